The van der Waals surface area contributed by atoms with Crippen molar-refractivity contribution in [3.8, 4) is 23.3 Å². The van der Waals surface area contributed by atoms with E-state index in [9.17, 15) is 9.65 Å². The molecule has 7 heterocycles. The Morgan fingerprint density at radius 3 is 2.87 bits per heavy atom. The molecule has 0 unspecified atom stereocenters. The molecule has 0 amide bonds. The predicted molar refractivity (Wildman–Crippen MR) is 177 cm³/mol. The summed E-state index contributed by atoms with van der Waals surface area (Å²) in [6.45, 7) is 11.1. The normalized spacial score (nSPS) is 25.7. The van der Waals surface area contributed by atoms with Gasteiger partial charge in [0.05, 0.1) is 33.1 Å². The maximum absolute atomic E-state index is 17.3. The Morgan fingerprint density at radius 1 is 1.26 bits per heavy atom. The van der Waals surface area contributed by atoms with E-state index in [4.69, 9.17) is 20.4 Å². The lowest BCUT2D eigenvalue weighted by Gasteiger charge is -2.40. The highest BCUT2D eigenvalue weighted by Crippen LogP contribution is 2.48. The number of halogens is 3. The third-order valence-corrected chi connectivity index (χ3v) is 11.7. The summed E-state index contributed by atoms with van der Waals surface area (Å²) >= 11 is 0.936. The Labute approximate surface area is 274 Å². The average Bonchev–Trinajstić information content (AvgIpc) is 3.67. The van der Waals surface area contributed by atoms with Crippen molar-refractivity contribution in [1.29, 1.82) is 5.26 Å². The van der Waals surface area contributed by atoms with Crippen LogP contribution < -0.4 is 20.7 Å². The number of pyridine rings is 1. The first-order chi connectivity index (χ1) is 22.6. The van der Waals surface area contributed by atoms with E-state index in [0.717, 1.165) is 48.9 Å². The molecule has 9 nitrogen and oxygen atoms in total. The van der Waals surface area contributed by atoms with Gasteiger partial charge < -0.3 is 20.7 Å². The van der Waals surface area contributed by atoms with Gasteiger partial charge in [-0.2, -0.15) is 15.2 Å². The van der Waals surface area contributed by atoms with Gasteiger partial charge in [0, 0.05) is 49.1 Å². The minimum absolute atomic E-state index is 0.00174. The number of thiophene rings is 1. The fourth-order valence-corrected chi connectivity index (χ4v) is 9.33. The van der Waals surface area contributed by atoms with Gasteiger partial charge in [0.1, 0.15) is 35.2 Å². The molecule has 0 aliphatic carbocycles. The summed E-state index contributed by atoms with van der Waals surface area (Å²) < 4.78 is 53.3. The number of rotatable bonds is 5. The van der Waals surface area contributed by atoms with Crippen molar-refractivity contribution in [1.82, 2.24) is 25.2 Å². The molecular formula is C34H35F3N8OS. The van der Waals surface area contributed by atoms with Crippen LogP contribution in [-0.4, -0.2) is 76.4 Å². The van der Waals surface area contributed by atoms with E-state index < -0.39 is 23.3 Å². The van der Waals surface area contributed by atoms with Crippen LogP contribution in [0.1, 0.15) is 55.7 Å². The molecular weight excluding hydrogens is 625 g/mol. The van der Waals surface area contributed by atoms with Gasteiger partial charge in [-0.25, -0.2) is 13.2 Å². The Morgan fingerprint density at radius 2 is 2.09 bits per heavy atom. The van der Waals surface area contributed by atoms with Crippen molar-refractivity contribution < 1.29 is 17.9 Å². The van der Waals surface area contributed by atoms with Crippen LogP contribution >= 0.6 is 11.3 Å². The van der Waals surface area contributed by atoms with Crippen molar-refractivity contribution in [2.75, 3.05) is 43.4 Å². The Bertz CT molecular complexity index is 2030. The third kappa shape index (κ3) is 4.52. The molecule has 4 aliphatic heterocycles. The zero-order valence-electron chi connectivity index (χ0n) is 26.3. The fourth-order valence-electron chi connectivity index (χ4n) is 8.41. The third-order valence-electron chi connectivity index (χ3n) is 10.7. The molecule has 47 heavy (non-hydrogen) atoms. The number of hydrogen-bond donors (Lipinski definition) is 2. The van der Waals surface area contributed by atoms with Crippen molar-refractivity contribution in [2.45, 2.75) is 69.7 Å². The molecule has 3 N–H and O–H groups in total. The molecule has 0 spiro atoms. The van der Waals surface area contributed by atoms with Gasteiger partial charge >= 0.3 is 6.01 Å². The van der Waals surface area contributed by atoms with Crippen molar-refractivity contribution in [3.05, 3.63) is 41.1 Å². The van der Waals surface area contributed by atoms with Gasteiger partial charge in [-0.1, -0.05) is 13.5 Å². The standard InChI is InChI=1S/C34H35F3N8OS/c1-4-19-14-45-20(11-40-19)8-16(2)23-17(3)24(28-25-21(10-38)31(39)47-30(25)22(36)12-41-28)27(37)29-26(23)32(45)43-33(42-29)46-15-34-6-5-7-44(34)13-18(35)9-34/h12,18-20,40H,2,4-9,11,13-15,39H2,1,3H3/t18-,19-,20-,34+/m1/s1. The summed E-state index contributed by atoms with van der Waals surface area (Å²) in [6, 6.07) is 2.29. The van der Waals surface area contributed by atoms with E-state index in [1.54, 1.807) is 6.92 Å². The zero-order valence-corrected chi connectivity index (χ0v) is 27.1. The lowest BCUT2D eigenvalue weighted by molar-refractivity contribution is 0.107. The predicted octanol–water partition coefficient (Wildman–Crippen LogP) is 5.88. The second-order valence-electron chi connectivity index (χ2n) is 13.3. The minimum Gasteiger partial charge on any atom is -0.461 e. The smallest absolute Gasteiger partial charge is 0.319 e. The molecule has 3 aromatic heterocycles. The summed E-state index contributed by atoms with van der Waals surface area (Å²) in [7, 11) is 0. The molecule has 4 aliphatic rings. The second-order valence-corrected chi connectivity index (χ2v) is 14.4. The number of aromatic nitrogens is 3. The van der Waals surface area contributed by atoms with E-state index in [1.165, 1.54) is 0 Å². The van der Waals surface area contributed by atoms with Crippen LogP contribution in [0, 0.1) is 29.9 Å². The summed E-state index contributed by atoms with van der Waals surface area (Å²) in [4.78, 5) is 18.4. The number of benzene rings is 1. The molecule has 3 saturated heterocycles. The number of anilines is 2. The van der Waals surface area contributed by atoms with Crippen LogP contribution in [0.5, 0.6) is 6.01 Å². The number of fused-ring (bicyclic) bond motifs is 4. The zero-order chi connectivity index (χ0) is 32.8. The van der Waals surface area contributed by atoms with Crippen LogP contribution in [0.2, 0.25) is 0 Å². The Hall–Kier alpha value is -3.99. The first-order valence-corrected chi connectivity index (χ1v) is 17.0. The molecule has 0 bridgehead atoms. The number of alkyl halides is 1. The second kappa shape index (κ2) is 11.0. The van der Waals surface area contributed by atoms with Crippen LogP contribution in [0.25, 0.3) is 37.8 Å². The number of piperazine rings is 1. The van der Waals surface area contributed by atoms with Gasteiger partial charge in [0.25, 0.3) is 0 Å². The molecule has 0 radical (unpaired) electrons. The molecule has 8 rings (SSSR count). The van der Waals surface area contributed by atoms with Crippen molar-refractivity contribution in [3.63, 3.8) is 0 Å². The fraction of sp³-hybridized carbons (Fsp3) is 0.471. The summed E-state index contributed by atoms with van der Waals surface area (Å²) in [6.07, 6.45) is 3.76. The monoisotopic (exact) mass is 660 g/mol. The van der Waals surface area contributed by atoms with E-state index in [1.807, 2.05) is 0 Å². The highest BCUT2D eigenvalue weighted by atomic mass is 32.1. The molecule has 0 saturated carbocycles. The number of ether oxygens (including phenoxy) is 1. The molecule has 4 atom stereocenters. The highest BCUT2D eigenvalue weighted by Gasteiger charge is 2.49. The van der Waals surface area contributed by atoms with Crippen LogP contribution in [-0.2, 0) is 0 Å². The quantitative estimate of drug-likeness (QED) is 0.271. The van der Waals surface area contributed by atoms with Gasteiger partial charge in [-0.05, 0) is 55.9 Å². The summed E-state index contributed by atoms with van der Waals surface area (Å²) in [5.41, 5.74) is 8.04. The molecule has 244 valence electrons. The van der Waals surface area contributed by atoms with E-state index in [0.29, 0.717) is 54.8 Å². The largest absolute Gasteiger partial charge is 0.461 e. The van der Waals surface area contributed by atoms with Crippen LogP contribution in [0.4, 0.5) is 24.0 Å². The SMILES string of the molecule is C=C1C[C@@H]2CN[C@H](CC)CN2c2nc(OC[C@@]34CCCN3C[C@H](F)C4)nc3c(F)c(-c4ncc(F)c5sc(N)c(C#N)c45)c(C)c1c23. The van der Waals surface area contributed by atoms with Crippen LogP contribution in [0.3, 0.4) is 0 Å². The number of nitrogen functional groups attached to an aromatic ring is 1. The number of nitriles is 1. The maximum atomic E-state index is 17.3. The lowest BCUT2D eigenvalue weighted by atomic mass is 9.88. The molecule has 1 aromatic carbocycles. The molecule has 3 fully saturated rings. The van der Waals surface area contributed by atoms with E-state index >= 15 is 8.78 Å². The molecule has 13 heteroatoms. The van der Waals surface area contributed by atoms with Crippen molar-refractivity contribution in [2.24, 2.45) is 0 Å². The van der Waals surface area contributed by atoms with Gasteiger partial charge in [-0.3, -0.25) is 9.88 Å². The summed E-state index contributed by atoms with van der Waals surface area (Å²) in [5, 5.41) is 14.4. The highest BCUT2D eigenvalue weighted by molar-refractivity contribution is 7.23. The lowest BCUT2D eigenvalue weighted by Crippen LogP contribution is -2.56. The minimum atomic E-state index is -0.922. The Kier molecular flexibility index (Phi) is 7.13. The Balaban J connectivity index is 1.37. The van der Waals surface area contributed by atoms with Crippen molar-refractivity contribution >= 4 is 48.7 Å². The summed E-state index contributed by atoms with van der Waals surface area (Å²) in [5.74, 6) is -0.744. The average molecular weight is 661 g/mol. The van der Waals surface area contributed by atoms with Gasteiger partial charge in [-0.15, -0.1) is 11.3 Å². The molecule has 4 aromatic rings. The number of hydrogen-bond acceptors (Lipinski definition) is 10. The topological polar surface area (TPSA) is 116 Å². The van der Waals surface area contributed by atoms with E-state index in [-0.39, 0.29) is 62.1 Å². The van der Waals surface area contributed by atoms with E-state index in [2.05, 4.69) is 39.7 Å². The van der Waals surface area contributed by atoms with Crippen LogP contribution in [0.15, 0.2) is 12.8 Å². The maximum Gasteiger partial charge on any atom is 0.319 e. The first-order valence-electron chi connectivity index (χ1n) is 16.1. The number of nitrogens with two attached hydrogens (primary N) is 1. The first kappa shape index (κ1) is 30.4. The van der Waals surface area contributed by atoms with Gasteiger partial charge in [0.15, 0.2) is 11.6 Å². The van der Waals surface area contributed by atoms with Gasteiger partial charge in [0.2, 0.25) is 0 Å². The number of nitrogens with zero attached hydrogens (tertiary/aromatic N) is 6. The number of nitrogens with one attached hydrogen (secondary N) is 1.